The summed E-state index contributed by atoms with van der Waals surface area (Å²) < 4.78 is 16.3. The number of benzene rings is 2. The SMILES string of the molecule is CCCCOc1ccc(/C=C/C(=O)OCC(=O)Nc2cccc(C#N)c2)cc1OCC. The van der Waals surface area contributed by atoms with Gasteiger partial charge in [0.2, 0.25) is 0 Å². The maximum Gasteiger partial charge on any atom is 0.331 e. The maximum absolute atomic E-state index is 11.9. The van der Waals surface area contributed by atoms with Crippen molar-refractivity contribution in [3.05, 3.63) is 59.7 Å². The van der Waals surface area contributed by atoms with Crippen LogP contribution in [0, 0.1) is 11.3 Å². The van der Waals surface area contributed by atoms with Crippen LogP contribution in [-0.2, 0) is 14.3 Å². The van der Waals surface area contributed by atoms with Crippen LogP contribution in [0.4, 0.5) is 5.69 Å². The predicted octanol–water partition coefficient (Wildman–Crippen LogP) is 4.33. The van der Waals surface area contributed by atoms with Gasteiger partial charge in [0, 0.05) is 11.8 Å². The first-order chi connectivity index (χ1) is 15.0. The Kier molecular flexibility index (Phi) is 9.63. The zero-order valence-electron chi connectivity index (χ0n) is 17.7. The summed E-state index contributed by atoms with van der Waals surface area (Å²) in [6.07, 6.45) is 4.81. The molecule has 2 aromatic carbocycles. The van der Waals surface area contributed by atoms with Gasteiger partial charge in [-0.1, -0.05) is 25.5 Å². The average molecular weight is 422 g/mol. The van der Waals surface area contributed by atoms with Crippen LogP contribution in [0.15, 0.2) is 48.5 Å². The first kappa shape index (κ1) is 23.5. The fourth-order valence-corrected chi connectivity index (χ4v) is 2.55. The molecule has 7 nitrogen and oxygen atoms in total. The van der Waals surface area contributed by atoms with E-state index in [1.54, 1.807) is 36.4 Å². The van der Waals surface area contributed by atoms with Crippen LogP contribution in [0.2, 0.25) is 0 Å². The quantitative estimate of drug-likeness (QED) is 0.329. The molecule has 0 saturated heterocycles. The minimum absolute atomic E-state index is 0.422. The highest BCUT2D eigenvalue weighted by Gasteiger charge is 2.08. The summed E-state index contributed by atoms with van der Waals surface area (Å²) in [4.78, 5) is 23.9. The molecule has 162 valence electrons. The van der Waals surface area contributed by atoms with Crippen molar-refractivity contribution in [2.45, 2.75) is 26.7 Å². The Balaban J connectivity index is 1.89. The average Bonchev–Trinajstić information content (AvgIpc) is 2.78. The summed E-state index contributed by atoms with van der Waals surface area (Å²) in [5.41, 5.74) is 1.62. The highest BCUT2D eigenvalue weighted by molar-refractivity contribution is 5.94. The molecule has 1 N–H and O–H groups in total. The van der Waals surface area contributed by atoms with Gasteiger partial charge in [-0.15, -0.1) is 0 Å². The number of amides is 1. The molecule has 0 saturated carbocycles. The number of hydrogen-bond acceptors (Lipinski definition) is 6. The van der Waals surface area contributed by atoms with Gasteiger partial charge in [0.15, 0.2) is 18.1 Å². The van der Waals surface area contributed by atoms with Crippen LogP contribution in [0.5, 0.6) is 11.5 Å². The fraction of sp³-hybridized carbons (Fsp3) is 0.292. The zero-order chi connectivity index (χ0) is 22.5. The second-order valence-corrected chi connectivity index (χ2v) is 6.52. The number of nitrogens with zero attached hydrogens (tertiary/aromatic N) is 1. The van der Waals surface area contributed by atoms with Crippen LogP contribution in [-0.4, -0.2) is 31.7 Å². The van der Waals surface area contributed by atoms with Crippen LogP contribution in [0.1, 0.15) is 37.8 Å². The molecule has 2 aromatic rings. The molecule has 0 unspecified atom stereocenters. The Labute approximate surface area is 182 Å². The second-order valence-electron chi connectivity index (χ2n) is 6.52. The molecule has 0 aliphatic heterocycles. The van der Waals surface area contributed by atoms with E-state index >= 15 is 0 Å². The van der Waals surface area contributed by atoms with Gasteiger partial charge in [0.05, 0.1) is 24.8 Å². The van der Waals surface area contributed by atoms with E-state index in [0.717, 1.165) is 18.4 Å². The van der Waals surface area contributed by atoms with Gasteiger partial charge in [-0.05, 0) is 55.3 Å². The van der Waals surface area contributed by atoms with Gasteiger partial charge in [-0.25, -0.2) is 4.79 Å². The number of hydrogen-bond donors (Lipinski definition) is 1. The highest BCUT2D eigenvalue weighted by atomic mass is 16.5. The number of carbonyl (C=O) groups excluding carboxylic acids is 2. The number of nitrogens with one attached hydrogen (secondary N) is 1. The Hall–Kier alpha value is -3.79. The largest absolute Gasteiger partial charge is 0.490 e. The van der Waals surface area contributed by atoms with Gasteiger partial charge in [0.1, 0.15) is 0 Å². The molecule has 0 fully saturated rings. The third kappa shape index (κ3) is 8.23. The van der Waals surface area contributed by atoms with Gasteiger partial charge in [-0.2, -0.15) is 5.26 Å². The van der Waals surface area contributed by atoms with Crippen molar-refractivity contribution in [2.75, 3.05) is 25.1 Å². The minimum atomic E-state index is -0.651. The number of ether oxygens (including phenoxy) is 3. The van der Waals surface area contributed by atoms with Gasteiger partial charge < -0.3 is 19.5 Å². The van der Waals surface area contributed by atoms with E-state index in [2.05, 4.69) is 12.2 Å². The molecule has 2 rings (SSSR count). The van der Waals surface area contributed by atoms with E-state index in [1.807, 2.05) is 19.1 Å². The third-order valence-corrected chi connectivity index (χ3v) is 4.06. The topological polar surface area (TPSA) is 97.6 Å². The summed E-state index contributed by atoms with van der Waals surface area (Å²) in [6, 6.07) is 13.8. The normalized spacial score (nSPS) is 10.4. The molecule has 0 aliphatic carbocycles. The lowest BCUT2D eigenvalue weighted by Crippen LogP contribution is -2.20. The van der Waals surface area contributed by atoms with Crippen LogP contribution in [0.25, 0.3) is 6.08 Å². The lowest BCUT2D eigenvalue weighted by atomic mass is 10.2. The molecule has 0 aliphatic rings. The standard InChI is InChI=1S/C24H26N2O5/c1-3-5-13-30-21-11-9-18(15-22(21)29-4-2)10-12-24(28)31-17-23(27)26-20-8-6-7-19(14-20)16-25/h6-12,14-15H,3-5,13,17H2,1-2H3,(H,26,27)/b12-10+. The highest BCUT2D eigenvalue weighted by Crippen LogP contribution is 2.29. The van der Waals surface area contributed by atoms with Crippen molar-refractivity contribution >= 4 is 23.6 Å². The van der Waals surface area contributed by atoms with E-state index < -0.39 is 18.5 Å². The van der Waals surface area contributed by atoms with Crippen molar-refractivity contribution in [1.82, 2.24) is 0 Å². The number of rotatable bonds is 11. The van der Waals surface area contributed by atoms with Crippen LogP contribution < -0.4 is 14.8 Å². The molecule has 0 bridgehead atoms. The molecule has 0 radical (unpaired) electrons. The van der Waals surface area contributed by atoms with Crippen molar-refractivity contribution in [1.29, 1.82) is 5.26 Å². The summed E-state index contributed by atoms with van der Waals surface area (Å²) in [5.74, 6) is 0.117. The smallest absolute Gasteiger partial charge is 0.331 e. The fourth-order valence-electron chi connectivity index (χ4n) is 2.55. The van der Waals surface area contributed by atoms with E-state index in [0.29, 0.717) is 36.0 Å². The minimum Gasteiger partial charge on any atom is -0.490 e. The van der Waals surface area contributed by atoms with Crippen LogP contribution >= 0.6 is 0 Å². The van der Waals surface area contributed by atoms with Gasteiger partial charge in [0.25, 0.3) is 5.91 Å². The summed E-state index contributed by atoms with van der Waals surface area (Å²) in [7, 11) is 0. The molecule has 1 amide bonds. The Morgan fingerprint density at radius 3 is 2.68 bits per heavy atom. The van der Waals surface area contributed by atoms with Crippen molar-refractivity contribution in [3.8, 4) is 17.6 Å². The van der Waals surface area contributed by atoms with Crippen LogP contribution in [0.3, 0.4) is 0 Å². The first-order valence-electron chi connectivity index (χ1n) is 10.1. The van der Waals surface area contributed by atoms with E-state index in [-0.39, 0.29) is 0 Å². The monoisotopic (exact) mass is 422 g/mol. The summed E-state index contributed by atoms with van der Waals surface area (Å²) in [6.45, 7) is 4.65. The van der Waals surface area contributed by atoms with E-state index in [1.165, 1.54) is 12.1 Å². The molecule has 31 heavy (non-hydrogen) atoms. The molecule has 0 atom stereocenters. The summed E-state index contributed by atoms with van der Waals surface area (Å²) >= 11 is 0. The second kappa shape index (κ2) is 12.7. The third-order valence-electron chi connectivity index (χ3n) is 4.06. The lowest BCUT2D eigenvalue weighted by molar-refractivity contribution is -0.142. The summed E-state index contributed by atoms with van der Waals surface area (Å²) in [5, 5.41) is 11.5. The predicted molar refractivity (Wildman–Crippen MR) is 118 cm³/mol. The Morgan fingerprint density at radius 1 is 1.10 bits per heavy atom. The molecule has 0 heterocycles. The van der Waals surface area contributed by atoms with E-state index in [4.69, 9.17) is 19.5 Å². The van der Waals surface area contributed by atoms with Crippen molar-refractivity contribution in [2.24, 2.45) is 0 Å². The van der Waals surface area contributed by atoms with Gasteiger partial charge >= 0.3 is 5.97 Å². The number of nitriles is 1. The molecule has 0 aromatic heterocycles. The molecule has 0 spiro atoms. The lowest BCUT2D eigenvalue weighted by Gasteiger charge is -2.12. The van der Waals surface area contributed by atoms with Gasteiger partial charge in [-0.3, -0.25) is 4.79 Å². The maximum atomic E-state index is 11.9. The molecule has 7 heteroatoms. The Bertz CT molecular complexity index is 963. The number of unbranched alkanes of at least 4 members (excludes halogenated alkanes) is 1. The number of carbonyl (C=O) groups is 2. The Morgan fingerprint density at radius 2 is 1.94 bits per heavy atom. The van der Waals surface area contributed by atoms with Crippen molar-refractivity contribution in [3.63, 3.8) is 0 Å². The number of esters is 1. The number of anilines is 1. The van der Waals surface area contributed by atoms with E-state index in [9.17, 15) is 9.59 Å². The first-order valence-corrected chi connectivity index (χ1v) is 10.1. The van der Waals surface area contributed by atoms with Crippen molar-refractivity contribution < 1.29 is 23.8 Å². The molecular formula is C24H26N2O5. The zero-order valence-corrected chi connectivity index (χ0v) is 17.7. The molecular weight excluding hydrogens is 396 g/mol.